The lowest BCUT2D eigenvalue weighted by molar-refractivity contribution is -0.119. The largest absolute Gasteiger partial charge is 0.451 e. The van der Waals surface area contributed by atoms with Gasteiger partial charge in [0.15, 0.2) is 6.61 Å². The monoisotopic (exact) mass is 350 g/mol. The third kappa shape index (κ3) is 3.77. The summed E-state index contributed by atoms with van der Waals surface area (Å²) in [6.45, 7) is 3.27. The van der Waals surface area contributed by atoms with E-state index in [-0.39, 0.29) is 5.69 Å². The molecule has 0 bridgehead atoms. The Kier molecular flexibility index (Phi) is 5.07. The summed E-state index contributed by atoms with van der Waals surface area (Å²) in [7, 11) is 0. The number of rotatable bonds is 5. The van der Waals surface area contributed by atoms with Crippen LogP contribution in [0, 0.1) is 13.8 Å². The van der Waals surface area contributed by atoms with Crippen molar-refractivity contribution >= 4 is 17.6 Å². The van der Waals surface area contributed by atoms with Crippen molar-refractivity contribution in [3.63, 3.8) is 0 Å². The number of carbonyl (C=O) groups excluding carboxylic acids is 2. The molecule has 1 N–H and O–H groups in total. The molecule has 0 fully saturated rings. The zero-order chi connectivity index (χ0) is 18.5. The second kappa shape index (κ2) is 7.60. The highest BCUT2D eigenvalue weighted by molar-refractivity contribution is 5.95. The van der Waals surface area contributed by atoms with Crippen molar-refractivity contribution in [1.29, 1.82) is 0 Å². The maximum absolute atomic E-state index is 12.2. The van der Waals surface area contributed by atoms with Gasteiger partial charge in [-0.3, -0.25) is 4.79 Å². The lowest BCUT2D eigenvalue weighted by Gasteiger charge is -2.08. The molecule has 0 aliphatic rings. The van der Waals surface area contributed by atoms with E-state index in [0.29, 0.717) is 11.4 Å². The van der Waals surface area contributed by atoms with Crippen LogP contribution >= 0.6 is 0 Å². The minimum Gasteiger partial charge on any atom is -0.451 e. The highest BCUT2D eigenvalue weighted by Gasteiger charge is 2.17. The molecule has 132 valence electrons. The summed E-state index contributed by atoms with van der Waals surface area (Å²) in [5.74, 6) is -1.08. The number of nitrogens with zero attached hydrogens (tertiary/aromatic N) is 3. The second-order valence-corrected chi connectivity index (χ2v) is 5.63. The third-order valence-corrected chi connectivity index (χ3v) is 3.76. The summed E-state index contributed by atoms with van der Waals surface area (Å²) in [6.07, 6.45) is 1.49. The van der Waals surface area contributed by atoms with Crippen LogP contribution in [0.25, 0.3) is 5.69 Å². The molecule has 0 aliphatic carbocycles. The van der Waals surface area contributed by atoms with Gasteiger partial charge in [-0.2, -0.15) is 5.10 Å². The lowest BCUT2D eigenvalue weighted by Crippen LogP contribution is -2.22. The predicted octanol–water partition coefficient (Wildman–Crippen LogP) is 2.68. The highest BCUT2D eigenvalue weighted by Crippen LogP contribution is 2.22. The molecule has 0 unspecified atom stereocenters. The number of aromatic nitrogens is 3. The summed E-state index contributed by atoms with van der Waals surface area (Å²) in [6, 6.07) is 14.5. The smallest absolute Gasteiger partial charge is 0.357 e. The fourth-order valence-corrected chi connectivity index (χ4v) is 2.51. The van der Waals surface area contributed by atoms with Gasteiger partial charge in [-0.05, 0) is 38.1 Å². The zero-order valence-electron chi connectivity index (χ0n) is 14.5. The van der Waals surface area contributed by atoms with Crippen LogP contribution in [-0.2, 0) is 9.53 Å². The fraction of sp³-hybridized carbons (Fsp3) is 0.158. The molecular formula is C19H18N4O3. The van der Waals surface area contributed by atoms with Gasteiger partial charge in [0.2, 0.25) is 0 Å². The van der Waals surface area contributed by atoms with Gasteiger partial charge in [-0.15, -0.1) is 0 Å². The Labute approximate surface area is 150 Å². The molecule has 3 aromatic rings. The fourth-order valence-electron chi connectivity index (χ4n) is 2.51. The van der Waals surface area contributed by atoms with Crippen LogP contribution in [0.15, 0.2) is 54.7 Å². The number of ether oxygens (including phenoxy) is 1. The Hall–Kier alpha value is -3.48. The molecule has 2 aromatic heterocycles. The van der Waals surface area contributed by atoms with E-state index in [2.05, 4.69) is 15.4 Å². The van der Waals surface area contributed by atoms with Crippen LogP contribution in [0.3, 0.4) is 0 Å². The number of pyridine rings is 1. The summed E-state index contributed by atoms with van der Waals surface area (Å²) >= 11 is 0. The molecule has 0 saturated heterocycles. The summed E-state index contributed by atoms with van der Waals surface area (Å²) in [5.41, 5.74) is 3.13. The average molecular weight is 350 g/mol. The maximum Gasteiger partial charge on any atom is 0.357 e. The predicted molar refractivity (Wildman–Crippen MR) is 96.2 cm³/mol. The minimum atomic E-state index is -0.644. The van der Waals surface area contributed by atoms with Crippen molar-refractivity contribution in [1.82, 2.24) is 14.8 Å². The Morgan fingerprint density at radius 2 is 1.81 bits per heavy atom. The van der Waals surface area contributed by atoms with Crippen LogP contribution in [0.1, 0.15) is 21.9 Å². The molecule has 26 heavy (non-hydrogen) atoms. The van der Waals surface area contributed by atoms with Gasteiger partial charge in [0.05, 0.1) is 22.8 Å². The number of anilines is 1. The zero-order valence-corrected chi connectivity index (χ0v) is 14.5. The van der Waals surface area contributed by atoms with Gasteiger partial charge >= 0.3 is 5.97 Å². The minimum absolute atomic E-state index is 0.157. The molecule has 7 nitrogen and oxygen atoms in total. The number of para-hydroxylation sites is 1. The van der Waals surface area contributed by atoms with Crippen molar-refractivity contribution in [3.8, 4) is 5.69 Å². The van der Waals surface area contributed by atoms with E-state index in [1.54, 1.807) is 16.8 Å². The van der Waals surface area contributed by atoms with Gasteiger partial charge in [0.1, 0.15) is 5.69 Å². The number of hydrogen-bond donors (Lipinski definition) is 1. The first-order valence-corrected chi connectivity index (χ1v) is 8.06. The Morgan fingerprint density at radius 3 is 2.50 bits per heavy atom. The first-order chi connectivity index (χ1) is 12.6. The van der Waals surface area contributed by atoms with Crippen molar-refractivity contribution < 1.29 is 14.3 Å². The van der Waals surface area contributed by atoms with E-state index in [1.807, 2.05) is 44.2 Å². The number of esters is 1. The molecule has 0 spiro atoms. The summed E-state index contributed by atoms with van der Waals surface area (Å²) < 4.78 is 6.75. The Balaban J connectivity index is 1.66. The molecule has 2 heterocycles. The van der Waals surface area contributed by atoms with E-state index in [4.69, 9.17) is 4.74 Å². The van der Waals surface area contributed by atoms with Gasteiger partial charge in [-0.25, -0.2) is 14.5 Å². The van der Waals surface area contributed by atoms with E-state index < -0.39 is 18.5 Å². The maximum atomic E-state index is 12.2. The normalized spacial score (nSPS) is 10.4. The van der Waals surface area contributed by atoms with Crippen LogP contribution < -0.4 is 5.32 Å². The van der Waals surface area contributed by atoms with Crippen LogP contribution in [0.4, 0.5) is 5.69 Å². The van der Waals surface area contributed by atoms with Gasteiger partial charge < -0.3 is 10.1 Å². The molecule has 7 heteroatoms. The SMILES string of the molecule is Cc1nn(-c2ccccc2)c(C)c1NC(=O)COC(=O)c1ccccn1. The van der Waals surface area contributed by atoms with Crippen molar-refractivity contribution in [2.75, 3.05) is 11.9 Å². The van der Waals surface area contributed by atoms with Crippen molar-refractivity contribution in [2.24, 2.45) is 0 Å². The molecule has 0 aliphatic heterocycles. The van der Waals surface area contributed by atoms with Crippen molar-refractivity contribution in [2.45, 2.75) is 13.8 Å². The highest BCUT2D eigenvalue weighted by atomic mass is 16.5. The summed E-state index contributed by atoms with van der Waals surface area (Å²) in [4.78, 5) is 27.9. The summed E-state index contributed by atoms with van der Waals surface area (Å²) in [5, 5.41) is 7.22. The number of carbonyl (C=O) groups is 2. The number of amides is 1. The van der Waals surface area contributed by atoms with Crippen LogP contribution in [0.5, 0.6) is 0 Å². The van der Waals surface area contributed by atoms with Gasteiger partial charge in [-0.1, -0.05) is 24.3 Å². The quantitative estimate of drug-likeness (QED) is 0.715. The second-order valence-electron chi connectivity index (χ2n) is 5.63. The van der Waals surface area contributed by atoms with E-state index >= 15 is 0 Å². The molecular weight excluding hydrogens is 332 g/mol. The molecule has 1 aromatic carbocycles. The first-order valence-electron chi connectivity index (χ1n) is 8.06. The number of nitrogens with one attached hydrogen (secondary N) is 1. The van der Waals surface area contributed by atoms with Gasteiger partial charge in [0.25, 0.3) is 5.91 Å². The Morgan fingerprint density at radius 1 is 1.08 bits per heavy atom. The number of benzene rings is 1. The standard InChI is InChI=1S/C19H18N4O3/c1-13-18(14(2)23(22-13)15-8-4-3-5-9-15)21-17(24)12-26-19(25)16-10-6-7-11-20-16/h3-11H,12H2,1-2H3,(H,21,24). The average Bonchev–Trinajstić information content (AvgIpc) is 2.95. The molecule has 0 saturated carbocycles. The third-order valence-electron chi connectivity index (χ3n) is 3.76. The van der Waals surface area contributed by atoms with Crippen molar-refractivity contribution in [3.05, 3.63) is 71.8 Å². The first kappa shape index (κ1) is 17.3. The molecule has 1 amide bonds. The van der Waals surface area contributed by atoms with E-state index in [1.165, 1.54) is 12.3 Å². The van der Waals surface area contributed by atoms with Crippen LogP contribution in [-0.4, -0.2) is 33.2 Å². The number of hydrogen-bond acceptors (Lipinski definition) is 5. The van der Waals surface area contributed by atoms with E-state index in [9.17, 15) is 9.59 Å². The topological polar surface area (TPSA) is 86.1 Å². The van der Waals surface area contributed by atoms with E-state index in [0.717, 1.165) is 11.4 Å². The lowest BCUT2D eigenvalue weighted by atomic mass is 10.3. The van der Waals surface area contributed by atoms with Gasteiger partial charge in [0, 0.05) is 6.20 Å². The van der Waals surface area contributed by atoms with Crippen LogP contribution in [0.2, 0.25) is 0 Å². The molecule has 3 rings (SSSR count). The molecule has 0 radical (unpaired) electrons. The molecule has 0 atom stereocenters. The Bertz CT molecular complexity index is 921. The number of aryl methyl sites for hydroxylation is 1.